The Morgan fingerprint density at radius 2 is 2.12 bits per heavy atom. The first-order chi connectivity index (χ1) is 12.1. The largest absolute Gasteiger partial charge is 0.455 e. The molecule has 3 saturated heterocycles. The molecule has 0 unspecified atom stereocenters. The third-order valence-electron chi connectivity index (χ3n) is 5.64. The van der Waals surface area contributed by atoms with E-state index in [-0.39, 0.29) is 11.4 Å². The molecular formula is C18H18BrFN4O. The zero-order valence-corrected chi connectivity index (χ0v) is 15.2. The minimum absolute atomic E-state index is 0.191. The van der Waals surface area contributed by atoms with Crippen molar-refractivity contribution < 1.29 is 9.13 Å². The lowest BCUT2D eigenvalue weighted by Crippen LogP contribution is -2.61. The molecule has 7 heteroatoms. The number of aliphatic imine (C=N–C) groups is 1. The molecule has 6 rings (SSSR count). The predicted octanol–water partition coefficient (Wildman–Crippen LogP) is 3.40. The van der Waals surface area contributed by atoms with E-state index in [0.717, 1.165) is 16.4 Å². The first kappa shape index (κ1) is 15.5. The summed E-state index contributed by atoms with van der Waals surface area (Å²) in [5.41, 5.74) is -0.191. The smallest absolute Gasteiger partial charge is 0.291 e. The van der Waals surface area contributed by atoms with Gasteiger partial charge in [-0.05, 0) is 44.1 Å². The third-order valence-corrected chi connectivity index (χ3v) is 6.33. The summed E-state index contributed by atoms with van der Waals surface area (Å²) in [5.74, 6) is 0.840. The molecule has 5 heterocycles. The Labute approximate surface area is 153 Å². The molecule has 0 amide bonds. The SMILES string of the molecule is Fc1ccc(Br)c2cnc(NC3=NC[C@@]4(CN5CCC4CC5)O3)cc12. The summed E-state index contributed by atoms with van der Waals surface area (Å²) >= 11 is 3.43. The highest BCUT2D eigenvalue weighted by atomic mass is 79.9. The highest BCUT2D eigenvalue weighted by Crippen LogP contribution is 2.41. The first-order valence-corrected chi connectivity index (χ1v) is 9.39. The summed E-state index contributed by atoms with van der Waals surface area (Å²) < 4.78 is 21.2. The van der Waals surface area contributed by atoms with Gasteiger partial charge in [0.15, 0.2) is 0 Å². The number of nitrogens with zero attached hydrogens (tertiary/aromatic N) is 3. The molecule has 25 heavy (non-hydrogen) atoms. The van der Waals surface area contributed by atoms with Crippen molar-refractivity contribution >= 4 is 38.5 Å². The average Bonchev–Trinajstić information content (AvgIpc) is 3.01. The van der Waals surface area contributed by atoms with Gasteiger partial charge < -0.3 is 4.74 Å². The Bertz CT molecular complexity index is 881. The van der Waals surface area contributed by atoms with Crippen molar-refractivity contribution in [1.82, 2.24) is 9.88 Å². The van der Waals surface area contributed by atoms with E-state index < -0.39 is 0 Å². The van der Waals surface area contributed by atoms with Crippen LogP contribution in [0.3, 0.4) is 0 Å². The van der Waals surface area contributed by atoms with Gasteiger partial charge in [0.2, 0.25) is 0 Å². The molecule has 1 aromatic heterocycles. The van der Waals surface area contributed by atoms with Gasteiger partial charge in [-0.2, -0.15) is 0 Å². The maximum atomic E-state index is 14.1. The minimum atomic E-state index is -0.271. The number of rotatable bonds is 1. The number of pyridine rings is 1. The molecule has 0 saturated carbocycles. The number of ether oxygens (including phenoxy) is 1. The number of fused-ring (bicyclic) bond motifs is 3. The summed E-state index contributed by atoms with van der Waals surface area (Å²) in [6.07, 6.45) is 4.01. The Morgan fingerprint density at radius 1 is 1.28 bits per heavy atom. The summed E-state index contributed by atoms with van der Waals surface area (Å²) in [4.78, 5) is 11.4. The van der Waals surface area contributed by atoms with E-state index >= 15 is 0 Å². The Kier molecular flexibility index (Phi) is 3.50. The summed E-state index contributed by atoms with van der Waals surface area (Å²) in [6, 6.07) is 5.33. The van der Waals surface area contributed by atoms with Crippen LogP contribution in [0.5, 0.6) is 0 Å². The fourth-order valence-electron chi connectivity index (χ4n) is 4.29. The molecule has 3 fully saturated rings. The van der Waals surface area contributed by atoms with Crippen molar-refractivity contribution in [2.45, 2.75) is 18.4 Å². The molecule has 2 bridgehead atoms. The van der Waals surface area contributed by atoms with E-state index in [0.29, 0.717) is 29.7 Å². The lowest BCUT2D eigenvalue weighted by Gasteiger charge is -2.50. The fraction of sp³-hybridized carbons (Fsp3) is 0.444. The third kappa shape index (κ3) is 2.52. The van der Waals surface area contributed by atoms with Crippen LogP contribution < -0.4 is 5.32 Å². The number of aromatic nitrogens is 1. The van der Waals surface area contributed by atoms with Gasteiger partial charge in [0.05, 0.1) is 6.54 Å². The van der Waals surface area contributed by atoms with Gasteiger partial charge in [0.25, 0.3) is 6.02 Å². The summed E-state index contributed by atoms with van der Waals surface area (Å²) in [6.45, 7) is 3.96. The maximum Gasteiger partial charge on any atom is 0.291 e. The van der Waals surface area contributed by atoms with Crippen molar-refractivity contribution in [3.05, 3.63) is 34.7 Å². The van der Waals surface area contributed by atoms with Crippen LogP contribution in [0.1, 0.15) is 12.8 Å². The minimum Gasteiger partial charge on any atom is -0.455 e. The van der Waals surface area contributed by atoms with E-state index in [4.69, 9.17) is 4.74 Å². The van der Waals surface area contributed by atoms with Crippen LogP contribution in [0.15, 0.2) is 33.9 Å². The number of halogens is 2. The van der Waals surface area contributed by atoms with Crippen LogP contribution in [0.25, 0.3) is 10.8 Å². The number of hydrogen-bond donors (Lipinski definition) is 1. The quantitative estimate of drug-likeness (QED) is 0.791. The second kappa shape index (κ2) is 5.64. The number of benzene rings is 1. The lowest BCUT2D eigenvalue weighted by molar-refractivity contribution is -0.0829. The van der Waals surface area contributed by atoms with Crippen LogP contribution in [0.2, 0.25) is 0 Å². The summed E-state index contributed by atoms with van der Waals surface area (Å²) in [5, 5.41) is 4.39. The van der Waals surface area contributed by atoms with Crippen molar-refractivity contribution in [3.8, 4) is 0 Å². The Morgan fingerprint density at radius 3 is 2.88 bits per heavy atom. The molecule has 1 aromatic carbocycles. The second-order valence-corrected chi connectivity index (χ2v) is 7.96. The molecule has 1 spiro atoms. The van der Waals surface area contributed by atoms with E-state index in [9.17, 15) is 4.39 Å². The maximum absolute atomic E-state index is 14.1. The van der Waals surface area contributed by atoms with E-state index in [1.165, 1.54) is 32.0 Å². The van der Waals surface area contributed by atoms with Crippen molar-refractivity contribution in [3.63, 3.8) is 0 Å². The van der Waals surface area contributed by atoms with Gasteiger partial charge in [-0.25, -0.2) is 14.4 Å². The van der Waals surface area contributed by atoms with Gasteiger partial charge in [0, 0.05) is 33.9 Å². The first-order valence-electron chi connectivity index (χ1n) is 8.60. The van der Waals surface area contributed by atoms with Gasteiger partial charge in [0.1, 0.15) is 17.2 Å². The normalized spacial score (nSPS) is 30.6. The summed E-state index contributed by atoms with van der Waals surface area (Å²) in [7, 11) is 0. The molecular weight excluding hydrogens is 387 g/mol. The van der Waals surface area contributed by atoms with Crippen LogP contribution in [0, 0.1) is 11.7 Å². The number of anilines is 1. The lowest BCUT2D eigenvalue weighted by atomic mass is 9.75. The number of amidine groups is 1. The number of hydrogen-bond acceptors (Lipinski definition) is 5. The van der Waals surface area contributed by atoms with E-state index in [1.54, 1.807) is 18.3 Å². The zero-order chi connectivity index (χ0) is 17.0. The highest BCUT2D eigenvalue weighted by Gasteiger charge is 2.51. The zero-order valence-electron chi connectivity index (χ0n) is 13.6. The van der Waals surface area contributed by atoms with Crippen LogP contribution in [0.4, 0.5) is 10.2 Å². The molecule has 130 valence electrons. The molecule has 2 aromatic rings. The Hall–Kier alpha value is -1.73. The van der Waals surface area contributed by atoms with Crippen molar-refractivity contribution in [2.24, 2.45) is 10.9 Å². The second-order valence-electron chi connectivity index (χ2n) is 7.11. The van der Waals surface area contributed by atoms with Crippen LogP contribution in [-0.4, -0.2) is 47.7 Å². The number of nitrogens with one attached hydrogen (secondary N) is 1. The Balaban J connectivity index is 1.38. The molecule has 4 aliphatic heterocycles. The van der Waals surface area contributed by atoms with Gasteiger partial charge >= 0.3 is 0 Å². The average molecular weight is 405 g/mol. The molecule has 1 atom stereocenters. The standard InChI is InChI=1S/C18H18BrFN4O/c19-14-1-2-15(20)12-7-16(21-8-13(12)14)23-17-22-9-18(25-17)10-24-5-3-11(18)4-6-24/h1-2,7-8,11H,3-6,9-10H2,(H,21,22,23)/t18-/m0/s1. The molecule has 4 aliphatic rings. The topological polar surface area (TPSA) is 49.8 Å². The molecule has 0 radical (unpaired) electrons. The number of piperidine rings is 3. The monoisotopic (exact) mass is 404 g/mol. The fourth-order valence-corrected chi connectivity index (χ4v) is 4.74. The van der Waals surface area contributed by atoms with Crippen LogP contribution >= 0.6 is 15.9 Å². The molecule has 1 N–H and O–H groups in total. The van der Waals surface area contributed by atoms with E-state index in [2.05, 4.69) is 36.1 Å². The predicted molar refractivity (Wildman–Crippen MR) is 98.3 cm³/mol. The van der Waals surface area contributed by atoms with Crippen LogP contribution in [-0.2, 0) is 4.74 Å². The van der Waals surface area contributed by atoms with Gasteiger partial charge in [-0.3, -0.25) is 10.2 Å². The van der Waals surface area contributed by atoms with E-state index in [1.807, 2.05) is 0 Å². The van der Waals surface area contributed by atoms with Crippen molar-refractivity contribution in [2.75, 3.05) is 31.5 Å². The van der Waals surface area contributed by atoms with Gasteiger partial charge in [-0.1, -0.05) is 15.9 Å². The molecule has 0 aliphatic carbocycles. The highest BCUT2D eigenvalue weighted by molar-refractivity contribution is 9.10. The van der Waals surface area contributed by atoms with Gasteiger partial charge in [-0.15, -0.1) is 0 Å². The van der Waals surface area contributed by atoms with Crippen molar-refractivity contribution in [1.29, 1.82) is 0 Å². The molecule has 5 nitrogen and oxygen atoms in total.